The molecule has 0 aliphatic carbocycles. The molecule has 0 aliphatic heterocycles. The van der Waals surface area contributed by atoms with Crippen molar-refractivity contribution >= 4 is 39.1 Å². The van der Waals surface area contributed by atoms with E-state index >= 15 is 0 Å². The standard InChI is InChI=1S/C29H34ClN3O5S/c1-5-27(29(35)31-6-2)32(19-22-9-7-12-25(17-22)38-4)28(34)20-33(24-11-8-10-23(30)18-24)39(36,37)26-15-13-21(3)14-16-26/h7-18,27H,5-6,19-20H2,1-4H3,(H,31,35). The molecule has 3 aromatic rings. The van der Waals surface area contributed by atoms with Crippen LogP contribution < -0.4 is 14.4 Å². The van der Waals surface area contributed by atoms with E-state index in [0.29, 0.717) is 23.7 Å². The number of aryl methyl sites for hydroxylation is 1. The van der Waals surface area contributed by atoms with E-state index in [1.165, 1.54) is 23.1 Å². The van der Waals surface area contributed by atoms with Crippen LogP contribution >= 0.6 is 11.6 Å². The van der Waals surface area contributed by atoms with Gasteiger partial charge < -0.3 is 15.0 Å². The fraction of sp³-hybridized carbons (Fsp3) is 0.310. The highest BCUT2D eigenvalue weighted by Crippen LogP contribution is 2.27. The summed E-state index contributed by atoms with van der Waals surface area (Å²) in [7, 11) is -2.61. The highest BCUT2D eigenvalue weighted by Gasteiger charge is 2.33. The van der Waals surface area contributed by atoms with Crippen molar-refractivity contribution in [1.82, 2.24) is 10.2 Å². The van der Waals surface area contributed by atoms with Crippen molar-refractivity contribution in [2.45, 2.75) is 44.7 Å². The maximum atomic E-state index is 14.0. The number of sulfonamides is 1. The lowest BCUT2D eigenvalue weighted by atomic mass is 10.1. The molecule has 0 aromatic heterocycles. The summed E-state index contributed by atoms with van der Waals surface area (Å²) >= 11 is 6.21. The van der Waals surface area contributed by atoms with Gasteiger partial charge in [-0.15, -0.1) is 0 Å². The molecule has 8 nitrogen and oxygen atoms in total. The van der Waals surface area contributed by atoms with Gasteiger partial charge in [-0.25, -0.2) is 8.42 Å². The van der Waals surface area contributed by atoms with E-state index in [9.17, 15) is 18.0 Å². The topological polar surface area (TPSA) is 96.0 Å². The molecule has 10 heteroatoms. The molecule has 0 fully saturated rings. The number of nitrogens with one attached hydrogen (secondary N) is 1. The molecular weight excluding hydrogens is 538 g/mol. The van der Waals surface area contributed by atoms with Crippen LogP contribution in [-0.2, 0) is 26.2 Å². The molecule has 0 saturated carbocycles. The van der Waals surface area contributed by atoms with Gasteiger partial charge in [-0.3, -0.25) is 13.9 Å². The molecule has 3 aromatic carbocycles. The van der Waals surface area contributed by atoms with Crippen molar-refractivity contribution in [3.05, 3.63) is 88.9 Å². The number of anilines is 1. The third-order valence-corrected chi connectivity index (χ3v) is 8.23. The van der Waals surface area contributed by atoms with Crippen LogP contribution in [0.15, 0.2) is 77.7 Å². The summed E-state index contributed by atoms with van der Waals surface area (Å²) in [5, 5.41) is 3.11. The summed E-state index contributed by atoms with van der Waals surface area (Å²) in [5.74, 6) is -0.244. The Morgan fingerprint density at radius 2 is 1.69 bits per heavy atom. The molecule has 0 bridgehead atoms. The highest BCUT2D eigenvalue weighted by molar-refractivity contribution is 7.92. The van der Waals surface area contributed by atoms with Gasteiger partial charge >= 0.3 is 0 Å². The Kier molecular flexibility index (Phi) is 10.4. The first-order valence-corrected chi connectivity index (χ1v) is 14.5. The minimum absolute atomic E-state index is 0.0380. The first-order chi connectivity index (χ1) is 18.6. The number of halogens is 1. The zero-order chi connectivity index (χ0) is 28.6. The molecular formula is C29H34ClN3O5S. The summed E-state index contributed by atoms with van der Waals surface area (Å²) in [6.45, 7) is 5.41. The Balaban J connectivity index is 2.07. The Morgan fingerprint density at radius 3 is 2.31 bits per heavy atom. The first-order valence-electron chi connectivity index (χ1n) is 12.7. The van der Waals surface area contributed by atoms with Gasteiger partial charge in [0.25, 0.3) is 10.0 Å². The largest absolute Gasteiger partial charge is 0.497 e. The highest BCUT2D eigenvalue weighted by atomic mass is 35.5. The average molecular weight is 572 g/mol. The summed E-state index contributed by atoms with van der Waals surface area (Å²) < 4.78 is 34.1. The molecule has 0 heterocycles. The van der Waals surface area contributed by atoms with Crippen LogP contribution in [0.1, 0.15) is 31.4 Å². The Bertz CT molecular complexity index is 1400. The predicted octanol–water partition coefficient (Wildman–Crippen LogP) is 4.80. The SMILES string of the molecule is CCNC(=O)C(CC)N(Cc1cccc(OC)c1)C(=O)CN(c1cccc(Cl)c1)S(=O)(=O)c1ccc(C)cc1. The van der Waals surface area contributed by atoms with Gasteiger partial charge in [-0.1, -0.05) is 54.4 Å². The van der Waals surface area contributed by atoms with Gasteiger partial charge in [-0.2, -0.15) is 0 Å². The second-order valence-electron chi connectivity index (χ2n) is 9.00. The third-order valence-electron chi connectivity index (χ3n) is 6.21. The van der Waals surface area contributed by atoms with Gasteiger partial charge in [-0.05, 0) is 68.3 Å². The zero-order valence-electron chi connectivity index (χ0n) is 22.6. The first kappa shape index (κ1) is 30.0. The quantitative estimate of drug-likeness (QED) is 0.337. The molecule has 0 saturated heterocycles. The van der Waals surface area contributed by atoms with E-state index in [2.05, 4.69) is 5.32 Å². The molecule has 1 N–H and O–H groups in total. The van der Waals surface area contributed by atoms with Gasteiger partial charge in [0, 0.05) is 18.1 Å². The van der Waals surface area contributed by atoms with Crippen LogP contribution in [0, 0.1) is 6.92 Å². The fourth-order valence-electron chi connectivity index (χ4n) is 4.18. The predicted molar refractivity (Wildman–Crippen MR) is 153 cm³/mol. The minimum atomic E-state index is -4.16. The molecule has 0 spiro atoms. The maximum absolute atomic E-state index is 14.0. The smallest absolute Gasteiger partial charge is 0.264 e. The number of methoxy groups -OCH3 is 1. The van der Waals surface area contributed by atoms with Crippen molar-refractivity contribution in [2.24, 2.45) is 0 Å². The Hall–Kier alpha value is -3.56. The number of hydrogen-bond acceptors (Lipinski definition) is 5. The average Bonchev–Trinajstić information content (AvgIpc) is 2.92. The number of carbonyl (C=O) groups is 2. The summed E-state index contributed by atoms with van der Waals surface area (Å²) in [6, 6.07) is 19.1. The normalized spacial score (nSPS) is 11.9. The van der Waals surface area contributed by atoms with Crippen LogP contribution in [-0.4, -0.2) is 51.4 Å². The van der Waals surface area contributed by atoms with E-state index in [4.69, 9.17) is 16.3 Å². The van der Waals surface area contributed by atoms with Crippen LogP contribution in [0.3, 0.4) is 0 Å². The molecule has 39 heavy (non-hydrogen) atoms. The van der Waals surface area contributed by atoms with E-state index in [0.717, 1.165) is 15.4 Å². The zero-order valence-corrected chi connectivity index (χ0v) is 24.1. The summed E-state index contributed by atoms with van der Waals surface area (Å²) in [4.78, 5) is 28.4. The van der Waals surface area contributed by atoms with Crippen LogP contribution in [0.25, 0.3) is 0 Å². The van der Waals surface area contributed by atoms with E-state index in [-0.39, 0.29) is 23.0 Å². The summed E-state index contributed by atoms with van der Waals surface area (Å²) in [6.07, 6.45) is 0.337. The maximum Gasteiger partial charge on any atom is 0.264 e. The fourth-order valence-corrected chi connectivity index (χ4v) is 5.77. The van der Waals surface area contributed by atoms with Gasteiger partial charge in [0.1, 0.15) is 18.3 Å². The van der Waals surface area contributed by atoms with E-state index in [1.807, 2.05) is 19.9 Å². The van der Waals surface area contributed by atoms with E-state index in [1.54, 1.807) is 62.6 Å². The number of carbonyl (C=O) groups excluding carboxylic acids is 2. The number of hydrogen-bond donors (Lipinski definition) is 1. The van der Waals surface area contributed by atoms with Crippen LogP contribution in [0.2, 0.25) is 5.02 Å². The van der Waals surface area contributed by atoms with Crippen molar-refractivity contribution in [3.8, 4) is 5.75 Å². The lowest BCUT2D eigenvalue weighted by Gasteiger charge is -2.33. The monoisotopic (exact) mass is 571 g/mol. The van der Waals surface area contributed by atoms with Crippen LogP contribution in [0.4, 0.5) is 5.69 Å². The van der Waals surface area contributed by atoms with Gasteiger partial charge in [0.2, 0.25) is 11.8 Å². The van der Waals surface area contributed by atoms with Crippen molar-refractivity contribution in [2.75, 3.05) is 24.5 Å². The molecule has 2 amide bonds. The van der Waals surface area contributed by atoms with Gasteiger partial charge in [0.15, 0.2) is 0 Å². The lowest BCUT2D eigenvalue weighted by Crippen LogP contribution is -2.52. The molecule has 0 radical (unpaired) electrons. The number of benzene rings is 3. The van der Waals surface area contributed by atoms with Crippen molar-refractivity contribution < 1.29 is 22.7 Å². The van der Waals surface area contributed by atoms with Crippen molar-refractivity contribution in [3.63, 3.8) is 0 Å². The number of likely N-dealkylation sites (N-methyl/N-ethyl adjacent to an activating group) is 1. The summed E-state index contributed by atoms with van der Waals surface area (Å²) in [5.41, 5.74) is 1.88. The number of ether oxygens (including phenoxy) is 1. The van der Waals surface area contributed by atoms with Crippen LogP contribution in [0.5, 0.6) is 5.75 Å². The molecule has 1 unspecified atom stereocenters. The molecule has 0 aliphatic rings. The third kappa shape index (κ3) is 7.52. The van der Waals surface area contributed by atoms with Crippen molar-refractivity contribution in [1.29, 1.82) is 0 Å². The second-order valence-corrected chi connectivity index (χ2v) is 11.3. The van der Waals surface area contributed by atoms with Gasteiger partial charge in [0.05, 0.1) is 17.7 Å². The number of amides is 2. The minimum Gasteiger partial charge on any atom is -0.497 e. The number of rotatable bonds is 12. The lowest BCUT2D eigenvalue weighted by molar-refractivity contribution is -0.140. The number of nitrogens with zero attached hydrogens (tertiary/aromatic N) is 2. The Labute approximate surface area is 235 Å². The van der Waals surface area contributed by atoms with E-state index < -0.39 is 28.5 Å². The second kappa shape index (κ2) is 13.5. The molecule has 3 rings (SSSR count). The Morgan fingerprint density at radius 1 is 1.00 bits per heavy atom. The molecule has 208 valence electrons. The molecule has 1 atom stereocenters.